The topological polar surface area (TPSA) is 51.8 Å². The molecule has 0 N–H and O–H groups in total. The Morgan fingerprint density at radius 1 is 0.488 bits per heavy atom. The standard InChI is InChI=1S/C37H23N3O/c1-3-10-25(11-4-1)35-38-36(26-12-5-2-6-13-26)40-37(39-35)27-20-18-24(19-21-27)30-16-9-17-32-34(30)31-22-28-14-7-8-15-29(28)23-33(31)41-32/h1-23H/i1D,3D,4D,10D,11D. The zero-order chi connectivity index (χ0) is 31.5. The van der Waals surface area contributed by atoms with Crippen LogP contribution in [0.15, 0.2) is 144 Å². The maximum Gasteiger partial charge on any atom is 0.164 e. The maximum atomic E-state index is 8.52. The molecular weight excluding hydrogens is 502 g/mol. The lowest BCUT2D eigenvalue weighted by molar-refractivity contribution is 0.669. The SMILES string of the molecule is [2H]c1c([2H])c([2H])c(-c2nc(-c3ccccc3)nc(-c3ccc(-c4cccc5oc6cc7ccccc7cc6c45)cc3)n2)c([2H])c1[2H]. The Labute approximate surface area is 243 Å². The van der Waals surface area contributed by atoms with Crippen molar-refractivity contribution in [1.29, 1.82) is 0 Å². The summed E-state index contributed by atoms with van der Waals surface area (Å²) >= 11 is 0. The molecule has 0 aliphatic rings. The number of aromatic nitrogens is 3. The number of nitrogens with zero attached hydrogens (tertiary/aromatic N) is 3. The minimum atomic E-state index is -0.472. The average molecular weight is 531 g/mol. The molecule has 8 aromatic rings. The number of hydrogen-bond donors (Lipinski definition) is 0. The van der Waals surface area contributed by atoms with Gasteiger partial charge in [0.2, 0.25) is 0 Å². The summed E-state index contributed by atoms with van der Waals surface area (Å²) in [4.78, 5) is 14.0. The fourth-order valence-corrected chi connectivity index (χ4v) is 5.25. The summed E-state index contributed by atoms with van der Waals surface area (Å²) in [5.41, 5.74) is 4.97. The Morgan fingerprint density at radius 2 is 1.10 bits per heavy atom. The highest BCUT2D eigenvalue weighted by atomic mass is 16.3. The van der Waals surface area contributed by atoms with E-state index in [9.17, 15) is 0 Å². The normalized spacial score (nSPS) is 13.1. The first-order chi connectivity index (χ1) is 22.4. The van der Waals surface area contributed by atoms with Crippen LogP contribution in [-0.2, 0) is 0 Å². The van der Waals surface area contributed by atoms with Gasteiger partial charge >= 0.3 is 0 Å². The number of benzene rings is 6. The third-order valence-electron chi connectivity index (χ3n) is 7.21. The molecule has 4 heteroatoms. The molecule has 0 saturated heterocycles. The van der Waals surface area contributed by atoms with Crippen LogP contribution >= 0.6 is 0 Å². The van der Waals surface area contributed by atoms with Crippen LogP contribution in [0.2, 0.25) is 0 Å². The molecule has 0 atom stereocenters. The summed E-state index contributed by atoms with van der Waals surface area (Å²) in [6.07, 6.45) is 0. The minimum absolute atomic E-state index is 0.00629. The van der Waals surface area contributed by atoms with Crippen LogP contribution in [0.4, 0.5) is 0 Å². The summed E-state index contributed by atoms with van der Waals surface area (Å²) < 4.78 is 47.7. The second-order valence-corrected chi connectivity index (χ2v) is 9.73. The molecule has 2 heterocycles. The Hall–Kier alpha value is -5.61. The molecule has 0 aliphatic carbocycles. The van der Waals surface area contributed by atoms with Crippen molar-refractivity contribution < 1.29 is 11.3 Å². The molecule has 8 rings (SSSR count). The number of fused-ring (bicyclic) bond motifs is 4. The molecule has 0 saturated carbocycles. The lowest BCUT2D eigenvalue weighted by atomic mass is 9.97. The highest BCUT2D eigenvalue weighted by molar-refractivity contribution is 6.15. The van der Waals surface area contributed by atoms with Crippen molar-refractivity contribution in [2.24, 2.45) is 0 Å². The van der Waals surface area contributed by atoms with Gasteiger partial charge in [0.1, 0.15) is 11.2 Å². The van der Waals surface area contributed by atoms with Gasteiger partial charge in [0.05, 0.1) is 6.85 Å². The number of hydrogen-bond acceptors (Lipinski definition) is 4. The minimum Gasteiger partial charge on any atom is -0.456 e. The van der Waals surface area contributed by atoms with E-state index in [4.69, 9.17) is 16.3 Å². The molecule has 6 aromatic carbocycles. The van der Waals surface area contributed by atoms with Crippen molar-refractivity contribution in [1.82, 2.24) is 15.0 Å². The number of rotatable bonds is 4. The van der Waals surface area contributed by atoms with Gasteiger partial charge in [-0.15, -0.1) is 0 Å². The lowest BCUT2D eigenvalue weighted by Gasteiger charge is -2.09. The second-order valence-electron chi connectivity index (χ2n) is 9.73. The summed E-state index contributed by atoms with van der Waals surface area (Å²) in [5, 5.41) is 4.34. The monoisotopic (exact) mass is 530 g/mol. The van der Waals surface area contributed by atoms with E-state index in [0.717, 1.165) is 43.8 Å². The van der Waals surface area contributed by atoms with Crippen molar-refractivity contribution in [3.63, 3.8) is 0 Å². The molecule has 0 radical (unpaired) electrons. The quantitative estimate of drug-likeness (QED) is 0.227. The van der Waals surface area contributed by atoms with Crippen LogP contribution in [0, 0.1) is 0 Å². The van der Waals surface area contributed by atoms with Crippen LogP contribution in [0.25, 0.3) is 78.0 Å². The van der Waals surface area contributed by atoms with Gasteiger partial charge in [0.25, 0.3) is 0 Å². The molecule has 0 unspecified atom stereocenters. The van der Waals surface area contributed by atoms with E-state index >= 15 is 0 Å². The van der Waals surface area contributed by atoms with Crippen molar-refractivity contribution in [2.75, 3.05) is 0 Å². The van der Waals surface area contributed by atoms with E-state index in [1.165, 1.54) is 0 Å². The average Bonchev–Trinajstić information content (AvgIpc) is 3.47. The Kier molecular flexibility index (Phi) is 4.34. The van der Waals surface area contributed by atoms with Crippen molar-refractivity contribution >= 4 is 32.7 Å². The Balaban J connectivity index is 1.28. The number of furan rings is 1. The predicted octanol–water partition coefficient (Wildman–Crippen LogP) is 9.59. The van der Waals surface area contributed by atoms with E-state index < -0.39 is 18.1 Å². The summed E-state index contributed by atoms with van der Waals surface area (Å²) in [6, 6.07) is 33.6. The third-order valence-corrected chi connectivity index (χ3v) is 7.21. The van der Waals surface area contributed by atoms with E-state index in [2.05, 4.69) is 40.3 Å². The molecule has 0 aliphatic heterocycles. The first-order valence-corrected chi connectivity index (χ1v) is 13.2. The van der Waals surface area contributed by atoms with Gasteiger partial charge in [-0.3, -0.25) is 0 Å². The molecular formula is C37H23N3O. The summed E-state index contributed by atoms with van der Waals surface area (Å²) in [6.45, 7) is 0. The molecule has 41 heavy (non-hydrogen) atoms. The van der Waals surface area contributed by atoms with Crippen LogP contribution in [0.5, 0.6) is 0 Å². The van der Waals surface area contributed by atoms with E-state index in [1.807, 2.05) is 78.9 Å². The van der Waals surface area contributed by atoms with Crippen molar-refractivity contribution in [2.45, 2.75) is 0 Å². The molecule has 4 nitrogen and oxygen atoms in total. The van der Waals surface area contributed by atoms with Gasteiger partial charge in [-0.2, -0.15) is 0 Å². The Bertz CT molecular complexity index is 2450. The molecule has 2 aromatic heterocycles. The van der Waals surface area contributed by atoms with Crippen LogP contribution in [0.1, 0.15) is 6.85 Å². The van der Waals surface area contributed by atoms with Crippen LogP contribution in [-0.4, -0.2) is 15.0 Å². The summed E-state index contributed by atoms with van der Waals surface area (Å²) in [7, 11) is 0. The molecule has 192 valence electrons. The van der Waals surface area contributed by atoms with Gasteiger partial charge in [-0.25, -0.2) is 15.0 Å². The molecule has 0 amide bonds. The van der Waals surface area contributed by atoms with Gasteiger partial charge in [0.15, 0.2) is 17.5 Å². The van der Waals surface area contributed by atoms with E-state index in [0.29, 0.717) is 22.8 Å². The van der Waals surface area contributed by atoms with Gasteiger partial charge < -0.3 is 4.42 Å². The first kappa shape index (κ1) is 18.6. The third kappa shape index (κ3) is 4.14. The fraction of sp³-hybridized carbons (Fsp3) is 0. The largest absolute Gasteiger partial charge is 0.456 e. The predicted molar refractivity (Wildman–Crippen MR) is 166 cm³/mol. The van der Waals surface area contributed by atoms with E-state index in [-0.39, 0.29) is 23.5 Å². The van der Waals surface area contributed by atoms with Crippen molar-refractivity contribution in [3.8, 4) is 45.3 Å². The smallest absolute Gasteiger partial charge is 0.164 e. The zero-order valence-corrected chi connectivity index (χ0v) is 21.6. The van der Waals surface area contributed by atoms with Gasteiger partial charge in [0, 0.05) is 27.5 Å². The maximum absolute atomic E-state index is 8.52. The lowest BCUT2D eigenvalue weighted by Crippen LogP contribution is -2.00. The summed E-state index contributed by atoms with van der Waals surface area (Å²) in [5.74, 6) is 0.658. The highest BCUT2D eigenvalue weighted by Gasteiger charge is 2.15. The Morgan fingerprint density at radius 3 is 1.83 bits per heavy atom. The van der Waals surface area contributed by atoms with Gasteiger partial charge in [-0.05, 0) is 40.1 Å². The van der Waals surface area contributed by atoms with Crippen molar-refractivity contribution in [3.05, 3.63) is 139 Å². The zero-order valence-electron chi connectivity index (χ0n) is 26.6. The highest BCUT2D eigenvalue weighted by Crippen LogP contribution is 2.38. The van der Waals surface area contributed by atoms with Crippen LogP contribution < -0.4 is 0 Å². The van der Waals surface area contributed by atoms with Crippen LogP contribution in [0.3, 0.4) is 0 Å². The molecule has 0 fully saturated rings. The fourth-order valence-electron chi connectivity index (χ4n) is 5.25. The molecule has 0 bridgehead atoms. The first-order valence-electron chi connectivity index (χ1n) is 15.7. The van der Waals surface area contributed by atoms with E-state index in [1.54, 1.807) is 0 Å². The second kappa shape index (κ2) is 9.54. The molecule has 0 spiro atoms. The van der Waals surface area contributed by atoms with Gasteiger partial charge in [-0.1, -0.05) is 121 Å².